The van der Waals surface area contributed by atoms with E-state index in [-0.39, 0.29) is 0 Å². The molecule has 55 heavy (non-hydrogen) atoms. The van der Waals surface area contributed by atoms with E-state index in [1.165, 1.54) is 75.0 Å². The van der Waals surface area contributed by atoms with Crippen molar-refractivity contribution in [3.8, 4) is 27.9 Å². The summed E-state index contributed by atoms with van der Waals surface area (Å²) < 4.78 is 4.99. The monoisotopic (exact) mass is 718 g/mol. The summed E-state index contributed by atoms with van der Waals surface area (Å²) in [5, 5.41) is 7.58. The number of rotatable bonds is 6. The van der Waals surface area contributed by atoms with Gasteiger partial charge in [0.05, 0.1) is 16.7 Å². The molecule has 0 atom stereocenters. The van der Waals surface area contributed by atoms with Crippen LogP contribution >= 0.6 is 11.3 Å². The molecule has 0 spiro atoms. The molecule has 0 fully saturated rings. The van der Waals surface area contributed by atoms with Crippen LogP contribution in [-0.2, 0) is 0 Å². The predicted molar refractivity (Wildman–Crippen MR) is 237 cm³/mol. The summed E-state index contributed by atoms with van der Waals surface area (Å²) >= 11 is 1.89. The van der Waals surface area contributed by atoms with Gasteiger partial charge in [-0.3, -0.25) is 0 Å². The van der Waals surface area contributed by atoms with Crippen molar-refractivity contribution in [1.29, 1.82) is 0 Å². The van der Waals surface area contributed by atoms with Crippen molar-refractivity contribution < 1.29 is 0 Å². The Balaban J connectivity index is 1.21. The number of benzene rings is 9. The Morgan fingerprint density at radius 2 is 1.04 bits per heavy atom. The lowest BCUT2D eigenvalue weighted by Crippen LogP contribution is -2.10. The number of para-hydroxylation sites is 2. The summed E-state index contributed by atoms with van der Waals surface area (Å²) in [5.74, 6) is 0. The number of aromatic nitrogens is 1. The minimum absolute atomic E-state index is 1.11. The summed E-state index contributed by atoms with van der Waals surface area (Å²) in [6.07, 6.45) is 0. The third-order valence-corrected chi connectivity index (χ3v) is 12.2. The molecule has 11 aromatic rings. The lowest BCUT2D eigenvalue weighted by Gasteiger charge is -2.28. The normalized spacial score (nSPS) is 11.6. The van der Waals surface area contributed by atoms with Gasteiger partial charge in [0.25, 0.3) is 0 Å². The van der Waals surface area contributed by atoms with Gasteiger partial charge in [0.1, 0.15) is 0 Å². The van der Waals surface area contributed by atoms with Gasteiger partial charge in [-0.25, -0.2) is 0 Å². The summed E-state index contributed by atoms with van der Waals surface area (Å²) in [7, 11) is 0. The highest BCUT2D eigenvalue weighted by atomic mass is 32.1. The Morgan fingerprint density at radius 1 is 0.400 bits per heavy atom. The van der Waals surface area contributed by atoms with E-state index in [0.717, 1.165) is 22.7 Å². The number of hydrogen-bond donors (Lipinski definition) is 0. The maximum absolute atomic E-state index is 2.49. The van der Waals surface area contributed by atoms with Crippen LogP contribution in [-0.4, -0.2) is 4.57 Å². The van der Waals surface area contributed by atoms with Crippen molar-refractivity contribution in [2.75, 3.05) is 4.90 Å². The summed E-state index contributed by atoms with van der Waals surface area (Å²) in [6.45, 7) is 0. The average molecular weight is 719 g/mol. The average Bonchev–Trinajstić information content (AvgIpc) is 3.81. The first kappa shape index (κ1) is 31.6. The zero-order valence-electron chi connectivity index (χ0n) is 29.9. The number of anilines is 3. The van der Waals surface area contributed by atoms with E-state index in [1.807, 2.05) is 11.3 Å². The van der Waals surface area contributed by atoms with E-state index < -0.39 is 0 Å². The maximum Gasteiger partial charge on any atom is 0.0554 e. The van der Waals surface area contributed by atoms with Crippen molar-refractivity contribution in [3.63, 3.8) is 0 Å². The molecule has 0 amide bonds. The van der Waals surface area contributed by atoms with Crippen LogP contribution in [0.15, 0.2) is 206 Å². The molecule has 3 heteroatoms. The Bertz CT molecular complexity index is 3200. The first-order chi connectivity index (χ1) is 27.3. The predicted octanol–water partition coefficient (Wildman–Crippen LogP) is 15.1. The van der Waals surface area contributed by atoms with Crippen LogP contribution in [0, 0.1) is 0 Å². The molecule has 0 aliphatic rings. The second-order valence-corrected chi connectivity index (χ2v) is 15.2. The molecule has 0 unspecified atom stereocenters. The largest absolute Gasteiger partial charge is 0.310 e. The van der Waals surface area contributed by atoms with Gasteiger partial charge in [0, 0.05) is 48.0 Å². The van der Waals surface area contributed by atoms with Gasteiger partial charge >= 0.3 is 0 Å². The lowest BCUT2D eigenvalue weighted by molar-refractivity contribution is 1.18. The third kappa shape index (κ3) is 5.16. The van der Waals surface area contributed by atoms with Gasteiger partial charge in [-0.15, -0.1) is 11.3 Å². The van der Waals surface area contributed by atoms with Gasteiger partial charge < -0.3 is 9.47 Å². The highest BCUT2D eigenvalue weighted by molar-refractivity contribution is 7.26. The minimum Gasteiger partial charge on any atom is -0.310 e. The van der Waals surface area contributed by atoms with E-state index in [4.69, 9.17) is 0 Å². The summed E-state index contributed by atoms with van der Waals surface area (Å²) in [4.78, 5) is 2.49. The Hall–Kier alpha value is -6.94. The Morgan fingerprint density at radius 3 is 1.84 bits per heavy atom. The molecular formula is C52H34N2S. The molecule has 0 saturated heterocycles. The highest BCUT2D eigenvalue weighted by Crippen LogP contribution is 2.48. The zero-order valence-corrected chi connectivity index (χ0v) is 30.7. The molecule has 258 valence electrons. The van der Waals surface area contributed by atoms with Crippen molar-refractivity contribution in [2.24, 2.45) is 0 Å². The van der Waals surface area contributed by atoms with Gasteiger partial charge in [0.15, 0.2) is 0 Å². The van der Waals surface area contributed by atoms with Crippen LogP contribution in [0.4, 0.5) is 17.1 Å². The molecule has 9 aromatic carbocycles. The number of fused-ring (bicyclic) bond motifs is 8. The molecule has 2 heterocycles. The molecule has 0 radical (unpaired) electrons. The van der Waals surface area contributed by atoms with Gasteiger partial charge in [-0.1, -0.05) is 146 Å². The fraction of sp³-hybridized carbons (Fsp3) is 0. The molecular weight excluding hydrogens is 685 g/mol. The van der Waals surface area contributed by atoms with Crippen LogP contribution in [0.5, 0.6) is 0 Å². The van der Waals surface area contributed by atoms with Crippen LogP contribution in [0.2, 0.25) is 0 Å². The summed E-state index contributed by atoms with van der Waals surface area (Å²) in [5.41, 5.74) is 11.7. The fourth-order valence-corrected chi connectivity index (χ4v) is 9.76. The second-order valence-electron chi connectivity index (χ2n) is 14.1. The second kappa shape index (κ2) is 12.9. The molecule has 0 N–H and O–H groups in total. The first-order valence-electron chi connectivity index (χ1n) is 18.8. The third-order valence-electron chi connectivity index (χ3n) is 11.0. The lowest BCUT2D eigenvalue weighted by atomic mass is 9.93. The van der Waals surface area contributed by atoms with Crippen molar-refractivity contribution in [3.05, 3.63) is 206 Å². The fourth-order valence-electron chi connectivity index (χ4n) is 8.50. The van der Waals surface area contributed by atoms with E-state index >= 15 is 0 Å². The van der Waals surface area contributed by atoms with E-state index in [2.05, 4.69) is 216 Å². The molecule has 0 aliphatic carbocycles. The quantitative estimate of drug-likeness (QED) is 0.166. The molecule has 0 saturated carbocycles. The molecule has 2 nitrogen and oxygen atoms in total. The smallest absolute Gasteiger partial charge is 0.0554 e. The number of hydrogen-bond acceptors (Lipinski definition) is 2. The summed E-state index contributed by atoms with van der Waals surface area (Å²) in [6, 6.07) is 75.2. The van der Waals surface area contributed by atoms with E-state index in [0.29, 0.717) is 0 Å². The van der Waals surface area contributed by atoms with Crippen molar-refractivity contribution >= 4 is 81.1 Å². The van der Waals surface area contributed by atoms with Gasteiger partial charge in [-0.05, 0) is 93.7 Å². The number of thiophene rings is 1. The topological polar surface area (TPSA) is 8.17 Å². The van der Waals surface area contributed by atoms with Gasteiger partial charge in [0.2, 0.25) is 0 Å². The maximum atomic E-state index is 2.49. The number of nitrogens with zero attached hydrogens (tertiary/aromatic N) is 2. The standard InChI is InChI=1S/C52H34N2S/c1-4-15-35(16-5-1)41-31-28-39(33-45(41)36-17-6-2-7-18-36)53(49-25-14-26-50-51(49)44-30-27-37-19-10-11-22-42(37)52(44)55-50)40-29-32-48-46(34-40)43-23-12-13-24-47(43)54(48)38-20-8-3-9-21-38/h1-34H. The highest BCUT2D eigenvalue weighted by Gasteiger charge is 2.22. The Labute approximate surface area is 323 Å². The van der Waals surface area contributed by atoms with Crippen LogP contribution < -0.4 is 4.90 Å². The first-order valence-corrected chi connectivity index (χ1v) is 19.6. The molecule has 0 aliphatic heterocycles. The molecule has 2 aromatic heterocycles. The zero-order chi connectivity index (χ0) is 36.3. The van der Waals surface area contributed by atoms with Crippen LogP contribution in [0.1, 0.15) is 0 Å². The van der Waals surface area contributed by atoms with Crippen LogP contribution in [0.3, 0.4) is 0 Å². The van der Waals surface area contributed by atoms with Crippen molar-refractivity contribution in [1.82, 2.24) is 4.57 Å². The molecule has 0 bridgehead atoms. The molecule has 11 rings (SSSR count). The van der Waals surface area contributed by atoms with Crippen LogP contribution in [0.25, 0.3) is 80.7 Å². The Kier molecular flexibility index (Phi) is 7.39. The van der Waals surface area contributed by atoms with Crippen molar-refractivity contribution in [2.45, 2.75) is 0 Å². The SMILES string of the molecule is c1ccc(-c2ccc(N(c3ccc4c(c3)c3ccccc3n4-c3ccccc3)c3cccc4sc5c6ccccc6ccc5c34)cc2-c2ccccc2)cc1. The van der Waals surface area contributed by atoms with E-state index in [9.17, 15) is 0 Å². The van der Waals surface area contributed by atoms with Gasteiger partial charge in [-0.2, -0.15) is 0 Å². The minimum atomic E-state index is 1.11. The van der Waals surface area contributed by atoms with E-state index in [1.54, 1.807) is 0 Å².